The van der Waals surface area contributed by atoms with E-state index < -0.39 is 0 Å². The van der Waals surface area contributed by atoms with E-state index in [1.165, 1.54) is 19.3 Å². The lowest BCUT2D eigenvalue weighted by atomic mass is 10.1. The molecule has 0 spiro atoms. The quantitative estimate of drug-likeness (QED) is 0.663. The van der Waals surface area contributed by atoms with Crippen LogP contribution in [0.2, 0.25) is 0 Å². The van der Waals surface area contributed by atoms with E-state index in [0.29, 0.717) is 19.3 Å². The predicted molar refractivity (Wildman–Crippen MR) is 95.5 cm³/mol. The number of anilines is 1. The normalized spacial score (nSPS) is 10.4. The molecule has 0 aliphatic heterocycles. The Morgan fingerprint density at radius 2 is 1.78 bits per heavy atom. The molecular weight excluding hydrogens is 288 g/mol. The minimum absolute atomic E-state index is 0.0722. The molecule has 4 heteroatoms. The smallest absolute Gasteiger partial charge is 0.224 e. The van der Waals surface area contributed by atoms with Gasteiger partial charge in [0.05, 0.1) is 0 Å². The molecule has 1 N–H and O–H groups in total. The molecule has 0 aliphatic rings. The van der Waals surface area contributed by atoms with Crippen molar-refractivity contribution in [3.63, 3.8) is 0 Å². The van der Waals surface area contributed by atoms with Gasteiger partial charge in [-0.25, -0.2) is 0 Å². The summed E-state index contributed by atoms with van der Waals surface area (Å²) in [5.41, 5.74) is 1.89. The van der Waals surface area contributed by atoms with E-state index in [1.807, 2.05) is 24.3 Å². The van der Waals surface area contributed by atoms with Gasteiger partial charge in [-0.15, -0.1) is 0 Å². The van der Waals surface area contributed by atoms with Crippen molar-refractivity contribution in [1.82, 2.24) is 4.90 Å². The first kappa shape index (κ1) is 19.2. The van der Waals surface area contributed by atoms with Gasteiger partial charge < -0.3 is 10.2 Å². The molecular formula is C19H30N2O2. The first-order chi connectivity index (χ1) is 11.0. The van der Waals surface area contributed by atoms with Crippen molar-refractivity contribution in [2.24, 2.45) is 0 Å². The lowest BCUT2D eigenvalue weighted by Gasteiger charge is -2.11. The highest BCUT2D eigenvalue weighted by molar-refractivity contribution is 5.90. The first-order valence-corrected chi connectivity index (χ1v) is 8.62. The largest absolute Gasteiger partial charge is 0.349 e. The third-order valence-electron chi connectivity index (χ3n) is 3.84. The van der Waals surface area contributed by atoms with Crippen LogP contribution in [-0.4, -0.2) is 30.8 Å². The van der Waals surface area contributed by atoms with Crippen LogP contribution < -0.4 is 5.32 Å². The fourth-order valence-electron chi connectivity index (χ4n) is 2.39. The van der Waals surface area contributed by atoms with Crippen molar-refractivity contribution in [2.45, 2.75) is 58.3 Å². The van der Waals surface area contributed by atoms with Gasteiger partial charge in [0.25, 0.3) is 0 Å². The number of aryl methyl sites for hydroxylation is 1. The fourth-order valence-corrected chi connectivity index (χ4v) is 2.39. The van der Waals surface area contributed by atoms with Gasteiger partial charge in [-0.2, -0.15) is 0 Å². The number of carbonyl (C=O) groups is 2. The van der Waals surface area contributed by atoms with Crippen LogP contribution in [0.1, 0.15) is 57.4 Å². The maximum absolute atomic E-state index is 11.9. The number of amides is 2. The predicted octanol–water partition coefficient (Wildman–Crippen LogP) is 4.01. The van der Waals surface area contributed by atoms with Crippen molar-refractivity contribution in [3.05, 3.63) is 29.8 Å². The zero-order chi connectivity index (χ0) is 17.1. The second kappa shape index (κ2) is 10.8. The Bertz CT molecular complexity index is 498. The van der Waals surface area contributed by atoms with Crippen LogP contribution in [0.4, 0.5) is 5.69 Å². The van der Waals surface area contributed by atoms with Gasteiger partial charge in [0.2, 0.25) is 11.8 Å². The van der Waals surface area contributed by atoms with E-state index in [9.17, 15) is 9.59 Å². The fraction of sp³-hybridized carbons (Fsp3) is 0.579. The molecule has 128 valence electrons. The van der Waals surface area contributed by atoms with Crippen LogP contribution in [0, 0.1) is 0 Å². The molecule has 0 aliphatic carbocycles. The second-order valence-electron chi connectivity index (χ2n) is 6.20. The number of rotatable bonds is 10. The van der Waals surface area contributed by atoms with Gasteiger partial charge in [-0.1, -0.05) is 44.7 Å². The second-order valence-corrected chi connectivity index (χ2v) is 6.20. The molecule has 0 unspecified atom stereocenters. The summed E-state index contributed by atoms with van der Waals surface area (Å²) in [6.07, 6.45) is 7.49. The van der Waals surface area contributed by atoms with Crippen LogP contribution in [-0.2, 0) is 16.0 Å². The molecule has 0 bridgehead atoms. The number of nitrogens with zero attached hydrogens (tertiary/aromatic N) is 1. The summed E-state index contributed by atoms with van der Waals surface area (Å²) in [4.78, 5) is 25.2. The number of benzene rings is 1. The van der Waals surface area contributed by atoms with E-state index in [1.54, 1.807) is 19.0 Å². The monoisotopic (exact) mass is 318 g/mol. The van der Waals surface area contributed by atoms with Gasteiger partial charge in [0.15, 0.2) is 0 Å². The molecule has 4 nitrogen and oxygen atoms in total. The number of hydrogen-bond donors (Lipinski definition) is 1. The molecule has 0 atom stereocenters. The number of carbonyl (C=O) groups excluding carboxylic acids is 2. The molecule has 0 aromatic heterocycles. The van der Waals surface area contributed by atoms with Crippen LogP contribution in [0.5, 0.6) is 0 Å². The molecule has 1 aromatic rings. The highest BCUT2D eigenvalue weighted by Gasteiger charge is 2.06. The zero-order valence-electron chi connectivity index (χ0n) is 14.7. The third kappa shape index (κ3) is 8.38. The molecule has 0 radical (unpaired) electrons. The molecule has 1 rings (SSSR count). The van der Waals surface area contributed by atoms with Gasteiger partial charge in [-0.05, 0) is 30.5 Å². The molecule has 0 saturated carbocycles. The summed E-state index contributed by atoms with van der Waals surface area (Å²) in [5.74, 6) is 0.189. The standard InChI is InChI=1S/C19H30N2O2/c1-4-5-6-7-8-12-18(22)20-17-11-9-10-16(15-17)13-14-19(23)21(2)3/h9-11,15H,4-8,12-14H2,1-3H3,(H,20,22). The van der Waals surface area contributed by atoms with Crippen LogP contribution in [0.25, 0.3) is 0 Å². The maximum atomic E-state index is 11.9. The summed E-state index contributed by atoms with van der Waals surface area (Å²) in [6.45, 7) is 2.19. The van der Waals surface area contributed by atoms with Crippen molar-refractivity contribution >= 4 is 17.5 Å². The number of hydrogen-bond acceptors (Lipinski definition) is 2. The zero-order valence-corrected chi connectivity index (χ0v) is 14.7. The Hall–Kier alpha value is -1.84. The Balaban J connectivity index is 2.38. The van der Waals surface area contributed by atoms with Crippen molar-refractivity contribution < 1.29 is 9.59 Å². The average Bonchev–Trinajstić information content (AvgIpc) is 2.52. The van der Waals surface area contributed by atoms with E-state index in [-0.39, 0.29) is 11.8 Å². The van der Waals surface area contributed by atoms with Gasteiger partial charge in [-0.3, -0.25) is 9.59 Å². The summed E-state index contributed by atoms with van der Waals surface area (Å²) >= 11 is 0. The number of nitrogens with one attached hydrogen (secondary N) is 1. The summed E-state index contributed by atoms with van der Waals surface area (Å²) < 4.78 is 0. The van der Waals surface area contributed by atoms with E-state index in [4.69, 9.17) is 0 Å². The highest BCUT2D eigenvalue weighted by atomic mass is 16.2. The van der Waals surface area contributed by atoms with Crippen molar-refractivity contribution in [1.29, 1.82) is 0 Å². The van der Waals surface area contributed by atoms with Crippen LogP contribution in [0.15, 0.2) is 24.3 Å². The molecule has 2 amide bonds. The van der Waals surface area contributed by atoms with Crippen molar-refractivity contribution in [2.75, 3.05) is 19.4 Å². The summed E-state index contributed by atoms with van der Waals surface area (Å²) in [6, 6.07) is 7.76. The van der Waals surface area contributed by atoms with Crippen LogP contribution >= 0.6 is 0 Å². The van der Waals surface area contributed by atoms with Crippen LogP contribution in [0.3, 0.4) is 0 Å². The Morgan fingerprint density at radius 1 is 1.04 bits per heavy atom. The first-order valence-electron chi connectivity index (χ1n) is 8.62. The van der Waals surface area contributed by atoms with E-state index in [0.717, 1.165) is 24.1 Å². The average molecular weight is 318 g/mol. The Kier molecular flexibility index (Phi) is 9.03. The molecule has 0 heterocycles. The molecule has 1 aromatic carbocycles. The van der Waals surface area contributed by atoms with Crippen molar-refractivity contribution in [3.8, 4) is 0 Å². The lowest BCUT2D eigenvalue weighted by Crippen LogP contribution is -2.21. The topological polar surface area (TPSA) is 49.4 Å². The SMILES string of the molecule is CCCCCCCC(=O)Nc1cccc(CCC(=O)N(C)C)c1. The molecule has 0 fully saturated rings. The van der Waals surface area contributed by atoms with Gasteiger partial charge in [0, 0.05) is 32.6 Å². The molecule has 23 heavy (non-hydrogen) atoms. The highest BCUT2D eigenvalue weighted by Crippen LogP contribution is 2.14. The Labute approximate surface area is 140 Å². The lowest BCUT2D eigenvalue weighted by molar-refractivity contribution is -0.128. The third-order valence-corrected chi connectivity index (χ3v) is 3.84. The maximum Gasteiger partial charge on any atom is 0.224 e. The Morgan fingerprint density at radius 3 is 2.48 bits per heavy atom. The summed E-state index contributed by atoms with van der Waals surface area (Å²) in [7, 11) is 3.53. The minimum atomic E-state index is 0.0722. The summed E-state index contributed by atoms with van der Waals surface area (Å²) in [5, 5.41) is 2.95. The van der Waals surface area contributed by atoms with E-state index >= 15 is 0 Å². The van der Waals surface area contributed by atoms with Gasteiger partial charge in [0.1, 0.15) is 0 Å². The van der Waals surface area contributed by atoms with Gasteiger partial charge >= 0.3 is 0 Å². The van der Waals surface area contributed by atoms with E-state index in [2.05, 4.69) is 12.2 Å². The molecule has 0 saturated heterocycles. The number of unbranched alkanes of at least 4 members (excludes halogenated alkanes) is 4. The minimum Gasteiger partial charge on any atom is -0.349 e.